The number of rotatable bonds is 3. The van der Waals surface area contributed by atoms with Crippen molar-refractivity contribution in [2.45, 2.75) is 0 Å². The molecule has 6 heteroatoms. The molecular formula is C43H23N3O2S. The number of benzene rings is 7. The predicted molar refractivity (Wildman–Crippen MR) is 201 cm³/mol. The van der Waals surface area contributed by atoms with Crippen LogP contribution in [0, 0.1) is 0 Å². The number of fused-ring (bicyclic) bond motifs is 11. The minimum absolute atomic E-state index is 0.559. The zero-order valence-electron chi connectivity index (χ0n) is 25.8. The fourth-order valence-electron chi connectivity index (χ4n) is 7.23. The van der Waals surface area contributed by atoms with Crippen LogP contribution in [0.2, 0.25) is 0 Å². The van der Waals surface area contributed by atoms with Crippen LogP contribution < -0.4 is 0 Å². The normalized spacial score (nSPS) is 12.1. The highest BCUT2D eigenvalue weighted by atomic mass is 32.1. The summed E-state index contributed by atoms with van der Waals surface area (Å²) in [5.41, 5.74) is 6.01. The lowest BCUT2D eigenvalue weighted by molar-refractivity contribution is 0.669. The molecule has 5 nitrogen and oxygen atoms in total. The molecule has 11 aromatic rings. The molecule has 0 bridgehead atoms. The van der Waals surface area contributed by atoms with E-state index in [1.165, 1.54) is 4.70 Å². The molecule has 0 fully saturated rings. The molecule has 0 saturated heterocycles. The van der Waals surface area contributed by atoms with Gasteiger partial charge < -0.3 is 8.83 Å². The minimum atomic E-state index is 0.559. The van der Waals surface area contributed by atoms with E-state index in [1.807, 2.05) is 42.5 Å². The molecule has 228 valence electrons. The fraction of sp³-hybridized carbons (Fsp3) is 0. The molecule has 4 heterocycles. The molecule has 0 amide bonds. The summed E-state index contributed by atoms with van der Waals surface area (Å²) in [6, 6.07) is 48.0. The van der Waals surface area contributed by atoms with E-state index in [1.54, 1.807) is 11.3 Å². The number of furan rings is 2. The molecule has 0 aliphatic carbocycles. The predicted octanol–water partition coefficient (Wildman–Crippen LogP) is 12.2. The first-order valence-electron chi connectivity index (χ1n) is 16.2. The van der Waals surface area contributed by atoms with E-state index in [0.29, 0.717) is 17.5 Å². The summed E-state index contributed by atoms with van der Waals surface area (Å²) in [7, 11) is 0. The van der Waals surface area contributed by atoms with Crippen molar-refractivity contribution in [3.63, 3.8) is 0 Å². The van der Waals surface area contributed by atoms with E-state index >= 15 is 0 Å². The van der Waals surface area contributed by atoms with Crippen LogP contribution in [-0.4, -0.2) is 15.0 Å². The highest BCUT2D eigenvalue weighted by Crippen LogP contribution is 2.46. The lowest BCUT2D eigenvalue weighted by Gasteiger charge is -2.10. The molecule has 0 radical (unpaired) electrons. The molecule has 0 unspecified atom stereocenters. The lowest BCUT2D eigenvalue weighted by atomic mass is 10.0. The third-order valence-corrected chi connectivity index (χ3v) is 10.7. The Balaban J connectivity index is 1.26. The van der Waals surface area contributed by atoms with Gasteiger partial charge in [0.1, 0.15) is 22.3 Å². The van der Waals surface area contributed by atoms with Gasteiger partial charge in [-0.1, -0.05) is 103 Å². The maximum Gasteiger partial charge on any atom is 0.167 e. The Morgan fingerprint density at radius 1 is 0.429 bits per heavy atom. The molecule has 11 rings (SSSR count). The Kier molecular flexibility index (Phi) is 5.48. The molecule has 0 N–H and O–H groups in total. The smallest absolute Gasteiger partial charge is 0.167 e. The summed E-state index contributed by atoms with van der Waals surface area (Å²) in [5, 5.41) is 8.72. The summed E-state index contributed by atoms with van der Waals surface area (Å²) in [4.78, 5) is 15.7. The monoisotopic (exact) mass is 645 g/mol. The van der Waals surface area contributed by atoms with Gasteiger partial charge in [0.25, 0.3) is 0 Å². The Morgan fingerprint density at radius 2 is 1.06 bits per heavy atom. The van der Waals surface area contributed by atoms with Gasteiger partial charge in [0.05, 0.1) is 10.3 Å². The summed E-state index contributed by atoms with van der Waals surface area (Å²) >= 11 is 1.74. The van der Waals surface area contributed by atoms with Crippen LogP contribution in [0.15, 0.2) is 148 Å². The number of hydrogen-bond donors (Lipinski definition) is 0. The average Bonchev–Trinajstić information content (AvgIpc) is 3.85. The molecule has 7 aromatic carbocycles. The third-order valence-electron chi connectivity index (χ3n) is 9.52. The van der Waals surface area contributed by atoms with E-state index in [-0.39, 0.29) is 0 Å². The van der Waals surface area contributed by atoms with Gasteiger partial charge in [0, 0.05) is 48.1 Å². The van der Waals surface area contributed by atoms with E-state index in [2.05, 4.69) is 97.1 Å². The van der Waals surface area contributed by atoms with Gasteiger partial charge in [-0.05, 0) is 47.2 Å². The zero-order valence-corrected chi connectivity index (χ0v) is 26.7. The minimum Gasteiger partial charge on any atom is -0.455 e. The van der Waals surface area contributed by atoms with Crippen molar-refractivity contribution in [2.75, 3.05) is 0 Å². The number of hydrogen-bond acceptors (Lipinski definition) is 6. The quantitative estimate of drug-likeness (QED) is 0.191. The highest BCUT2D eigenvalue weighted by Gasteiger charge is 2.23. The fourth-order valence-corrected chi connectivity index (χ4v) is 8.44. The SMILES string of the molecule is c1ccc2cc(-c3nc(-c4cccc5c4oc4ccccc45)nc(-c4cc5c6ccccc6oc5c5c4sc4ccccc45)n3)ccc2c1. The molecule has 0 spiro atoms. The van der Waals surface area contributed by atoms with Crippen LogP contribution in [0.5, 0.6) is 0 Å². The third kappa shape index (κ3) is 3.95. The first-order chi connectivity index (χ1) is 24.3. The molecular weight excluding hydrogens is 623 g/mol. The van der Waals surface area contributed by atoms with Crippen molar-refractivity contribution >= 4 is 86.2 Å². The van der Waals surface area contributed by atoms with Gasteiger partial charge in [0.2, 0.25) is 0 Å². The summed E-state index contributed by atoms with van der Waals surface area (Å²) < 4.78 is 15.3. The van der Waals surface area contributed by atoms with Gasteiger partial charge >= 0.3 is 0 Å². The maximum atomic E-state index is 6.57. The maximum absolute atomic E-state index is 6.57. The van der Waals surface area contributed by atoms with E-state index in [9.17, 15) is 0 Å². The van der Waals surface area contributed by atoms with Crippen LogP contribution in [0.4, 0.5) is 0 Å². The Morgan fingerprint density at radius 3 is 1.90 bits per heavy atom. The molecule has 49 heavy (non-hydrogen) atoms. The summed E-state index contributed by atoms with van der Waals surface area (Å²) in [6.07, 6.45) is 0. The van der Waals surface area contributed by atoms with Crippen molar-refractivity contribution < 1.29 is 8.83 Å². The molecule has 0 atom stereocenters. The number of para-hydroxylation sites is 3. The van der Waals surface area contributed by atoms with Crippen molar-refractivity contribution in [1.82, 2.24) is 15.0 Å². The molecule has 0 aliphatic heterocycles. The van der Waals surface area contributed by atoms with E-state index in [0.717, 1.165) is 86.8 Å². The van der Waals surface area contributed by atoms with Crippen LogP contribution in [0.25, 0.3) is 109 Å². The first-order valence-corrected chi connectivity index (χ1v) is 17.0. The lowest BCUT2D eigenvalue weighted by Crippen LogP contribution is -2.00. The van der Waals surface area contributed by atoms with Crippen LogP contribution in [0.3, 0.4) is 0 Å². The van der Waals surface area contributed by atoms with Gasteiger partial charge in [-0.15, -0.1) is 11.3 Å². The average molecular weight is 646 g/mol. The van der Waals surface area contributed by atoms with Crippen molar-refractivity contribution in [1.29, 1.82) is 0 Å². The van der Waals surface area contributed by atoms with Crippen LogP contribution in [0.1, 0.15) is 0 Å². The Labute approximate surface area is 282 Å². The second-order valence-electron chi connectivity index (χ2n) is 12.4. The number of thiophene rings is 1. The van der Waals surface area contributed by atoms with Gasteiger partial charge in [-0.3, -0.25) is 0 Å². The Bertz CT molecular complexity index is 3130. The topological polar surface area (TPSA) is 65.0 Å². The van der Waals surface area contributed by atoms with Gasteiger partial charge in [-0.25, -0.2) is 15.0 Å². The summed E-state index contributed by atoms with van der Waals surface area (Å²) in [5.74, 6) is 1.76. The van der Waals surface area contributed by atoms with Crippen molar-refractivity contribution in [3.8, 4) is 34.2 Å². The van der Waals surface area contributed by atoms with Gasteiger partial charge in [0.15, 0.2) is 17.5 Å². The molecule has 0 saturated carbocycles. The van der Waals surface area contributed by atoms with Crippen LogP contribution >= 0.6 is 11.3 Å². The van der Waals surface area contributed by atoms with Crippen LogP contribution in [-0.2, 0) is 0 Å². The zero-order chi connectivity index (χ0) is 32.1. The summed E-state index contributed by atoms with van der Waals surface area (Å²) in [6.45, 7) is 0. The Hall–Kier alpha value is -6.37. The molecule has 0 aliphatic rings. The standard InChI is InChI=1S/C43H23N3O2S/c1-2-11-25-22-26(21-20-24(25)10-1)41-44-42(31-16-9-15-29-27-12-3-6-17-34(27)47-38(29)31)46-43(45-41)33-23-32-28-13-4-7-18-35(28)48-39(32)37-30-14-5-8-19-36(30)49-40(33)37/h1-23H. The largest absolute Gasteiger partial charge is 0.455 e. The highest BCUT2D eigenvalue weighted by molar-refractivity contribution is 7.26. The van der Waals surface area contributed by atoms with Crippen molar-refractivity contribution in [2.24, 2.45) is 0 Å². The number of nitrogens with zero attached hydrogens (tertiary/aromatic N) is 3. The van der Waals surface area contributed by atoms with E-state index < -0.39 is 0 Å². The molecule has 4 aromatic heterocycles. The number of aromatic nitrogens is 3. The first kappa shape index (κ1) is 26.7. The van der Waals surface area contributed by atoms with Crippen molar-refractivity contribution in [3.05, 3.63) is 140 Å². The second-order valence-corrected chi connectivity index (χ2v) is 13.4. The second kappa shape index (κ2) is 10.1. The van der Waals surface area contributed by atoms with E-state index in [4.69, 9.17) is 23.8 Å². The van der Waals surface area contributed by atoms with Gasteiger partial charge in [-0.2, -0.15) is 0 Å².